The number of rotatable bonds is 10. The first kappa shape index (κ1) is 37.2. The van der Waals surface area contributed by atoms with Gasteiger partial charge in [0.15, 0.2) is 5.69 Å². The normalized spacial score (nSPS) is 20.9. The molecule has 15 nitrogen and oxygen atoms in total. The fourth-order valence-electron chi connectivity index (χ4n) is 7.99. The number of nitrogens with zero attached hydrogens (tertiary/aromatic N) is 7. The van der Waals surface area contributed by atoms with Crippen molar-refractivity contribution in [1.29, 1.82) is 5.26 Å². The summed E-state index contributed by atoms with van der Waals surface area (Å²) in [6.07, 6.45) is 6.98. The number of piperidine rings is 1. The third-order valence-electron chi connectivity index (χ3n) is 11.1. The van der Waals surface area contributed by atoms with E-state index >= 15 is 0 Å². The molecule has 290 valence electrons. The quantitative estimate of drug-likeness (QED) is 0.234. The van der Waals surface area contributed by atoms with Crippen molar-refractivity contribution in [3.63, 3.8) is 0 Å². The van der Waals surface area contributed by atoms with Gasteiger partial charge in [-0.2, -0.15) is 5.26 Å². The Morgan fingerprint density at radius 3 is 2.45 bits per heavy atom. The van der Waals surface area contributed by atoms with Gasteiger partial charge in [0.05, 0.1) is 47.5 Å². The molecule has 56 heavy (non-hydrogen) atoms. The van der Waals surface area contributed by atoms with Crippen molar-refractivity contribution >= 4 is 51.9 Å². The summed E-state index contributed by atoms with van der Waals surface area (Å²) >= 11 is 6.13. The van der Waals surface area contributed by atoms with Crippen molar-refractivity contribution in [3.8, 4) is 17.7 Å². The number of urea groups is 1. The second kappa shape index (κ2) is 16.2. The first-order chi connectivity index (χ1) is 27.2. The van der Waals surface area contributed by atoms with Gasteiger partial charge < -0.3 is 24.3 Å². The summed E-state index contributed by atoms with van der Waals surface area (Å²) in [5.74, 6) is 0.447. The van der Waals surface area contributed by atoms with Crippen LogP contribution in [-0.2, 0) is 9.59 Å². The Morgan fingerprint density at radius 2 is 1.73 bits per heavy atom. The highest BCUT2D eigenvalue weighted by Crippen LogP contribution is 2.34. The standard InChI is InChI=1S/C40H42ClN9O6/c41-32-20-29(7-4-25(32)21-42)55-28-8-5-26(6-9-28)43-39(53)33-10-11-37(46-45-33)56-30-22-48(23-30)38(52)24-47-16-12-27(13-17-47)49-18-14-31-34(49)2-1-3-35(31)50-19-15-36(51)44-40(50)54/h1-4,7,10-11,14,18,20,26-28,30H,5-6,8-9,12-13,15-17,19,22-24H2,(H,43,53)(H,44,51,54)/t26-,28-. The molecule has 5 heterocycles. The molecule has 4 fully saturated rings. The molecule has 2 N–H and O–H groups in total. The zero-order chi connectivity index (χ0) is 38.8. The Morgan fingerprint density at radius 1 is 0.929 bits per heavy atom. The van der Waals surface area contributed by atoms with Crippen molar-refractivity contribution in [2.24, 2.45) is 0 Å². The molecular formula is C40H42ClN9O6. The number of imide groups is 1. The number of hydrogen-bond donors (Lipinski definition) is 2. The summed E-state index contributed by atoms with van der Waals surface area (Å²) in [6.45, 7) is 3.22. The van der Waals surface area contributed by atoms with Crippen molar-refractivity contribution in [2.75, 3.05) is 44.2 Å². The predicted octanol–water partition coefficient (Wildman–Crippen LogP) is 4.45. The Balaban J connectivity index is 0.741. The Bertz CT molecular complexity index is 2170. The van der Waals surface area contributed by atoms with Crippen LogP contribution in [0.5, 0.6) is 11.6 Å². The number of fused-ring (bicyclic) bond motifs is 1. The number of carbonyl (C=O) groups is 4. The van der Waals surface area contributed by atoms with Crippen molar-refractivity contribution in [1.82, 2.24) is 35.2 Å². The van der Waals surface area contributed by atoms with Crippen molar-refractivity contribution < 1.29 is 28.7 Å². The van der Waals surface area contributed by atoms with Crippen molar-refractivity contribution in [2.45, 2.75) is 69.2 Å². The highest BCUT2D eigenvalue weighted by molar-refractivity contribution is 6.31. The first-order valence-corrected chi connectivity index (χ1v) is 19.5. The first-order valence-electron chi connectivity index (χ1n) is 19.1. The summed E-state index contributed by atoms with van der Waals surface area (Å²) in [7, 11) is 0. The highest BCUT2D eigenvalue weighted by atomic mass is 35.5. The molecule has 3 aliphatic heterocycles. The Labute approximate surface area is 328 Å². The number of carbonyl (C=O) groups excluding carboxylic acids is 4. The monoisotopic (exact) mass is 779 g/mol. The molecule has 5 amide bonds. The highest BCUT2D eigenvalue weighted by Gasteiger charge is 2.34. The lowest BCUT2D eigenvalue weighted by Gasteiger charge is -2.40. The zero-order valence-electron chi connectivity index (χ0n) is 30.7. The van der Waals surface area contributed by atoms with Crippen LogP contribution in [0.3, 0.4) is 0 Å². The fourth-order valence-corrected chi connectivity index (χ4v) is 8.21. The second-order valence-electron chi connectivity index (χ2n) is 14.8. The van der Waals surface area contributed by atoms with Gasteiger partial charge in [0.1, 0.15) is 17.9 Å². The van der Waals surface area contributed by atoms with E-state index in [0.717, 1.165) is 68.2 Å². The lowest BCUT2D eigenvalue weighted by molar-refractivity contribution is -0.141. The molecule has 1 saturated carbocycles. The minimum Gasteiger partial charge on any atom is -0.490 e. The number of anilines is 1. The van der Waals surface area contributed by atoms with Gasteiger partial charge in [0.2, 0.25) is 17.7 Å². The lowest BCUT2D eigenvalue weighted by atomic mass is 9.93. The molecule has 0 spiro atoms. The molecule has 0 atom stereocenters. The third-order valence-corrected chi connectivity index (χ3v) is 11.4. The number of likely N-dealkylation sites (tertiary alicyclic amines) is 2. The van der Waals surface area contributed by atoms with Crippen LogP contribution in [-0.4, -0.2) is 106 Å². The summed E-state index contributed by atoms with van der Waals surface area (Å²) in [5.41, 5.74) is 2.45. The van der Waals surface area contributed by atoms with Crippen LogP contribution in [0.4, 0.5) is 10.5 Å². The number of aromatic nitrogens is 3. The molecular weight excluding hydrogens is 738 g/mol. The van der Waals surface area contributed by atoms with Gasteiger partial charge >= 0.3 is 6.03 Å². The molecule has 0 unspecified atom stereocenters. The second-order valence-corrected chi connectivity index (χ2v) is 15.2. The minimum absolute atomic E-state index is 0.000897. The summed E-state index contributed by atoms with van der Waals surface area (Å²) in [5, 5.41) is 24.1. The maximum atomic E-state index is 13.1. The third kappa shape index (κ3) is 8.12. The van der Waals surface area contributed by atoms with Gasteiger partial charge in [0, 0.05) is 61.9 Å². The maximum absolute atomic E-state index is 13.1. The van der Waals surface area contributed by atoms with E-state index in [0.29, 0.717) is 48.4 Å². The zero-order valence-corrected chi connectivity index (χ0v) is 31.5. The molecule has 0 bridgehead atoms. The van der Waals surface area contributed by atoms with E-state index in [9.17, 15) is 19.2 Å². The van der Waals surface area contributed by atoms with E-state index in [2.05, 4.69) is 42.6 Å². The fraction of sp³-hybridized carbons (Fsp3) is 0.425. The smallest absolute Gasteiger partial charge is 0.328 e. The van der Waals surface area contributed by atoms with Crippen LogP contribution in [0.15, 0.2) is 60.8 Å². The number of halogens is 1. The van der Waals surface area contributed by atoms with E-state index in [1.807, 2.05) is 24.3 Å². The van der Waals surface area contributed by atoms with Crippen LogP contribution in [0.2, 0.25) is 5.02 Å². The van der Waals surface area contributed by atoms with E-state index < -0.39 is 6.03 Å². The van der Waals surface area contributed by atoms with Gasteiger partial charge in [-0.1, -0.05) is 17.7 Å². The lowest BCUT2D eigenvalue weighted by Crippen LogP contribution is -2.58. The number of hydrogen-bond acceptors (Lipinski definition) is 10. The van der Waals surface area contributed by atoms with Gasteiger partial charge in [-0.05, 0) is 74.9 Å². The summed E-state index contributed by atoms with van der Waals surface area (Å²) in [4.78, 5) is 55.8. The van der Waals surface area contributed by atoms with Gasteiger partial charge in [0.25, 0.3) is 5.91 Å². The topological polar surface area (TPSA) is 175 Å². The largest absolute Gasteiger partial charge is 0.490 e. The predicted molar refractivity (Wildman–Crippen MR) is 205 cm³/mol. The summed E-state index contributed by atoms with van der Waals surface area (Å²) in [6, 6.07) is 18.1. The molecule has 4 aromatic rings. The van der Waals surface area contributed by atoms with Crippen LogP contribution in [0, 0.1) is 11.3 Å². The van der Waals surface area contributed by atoms with Gasteiger partial charge in [-0.15, -0.1) is 10.2 Å². The van der Waals surface area contributed by atoms with Crippen LogP contribution >= 0.6 is 11.6 Å². The number of nitriles is 1. The van der Waals surface area contributed by atoms with E-state index in [4.69, 9.17) is 26.3 Å². The van der Waals surface area contributed by atoms with Crippen LogP contribution in [0.25, 0.3) is 10.9 Å². The van der Waals surface area contributed by atoms with E-state index in [-0.39, 0.29) is 54.1 Å². The van der Waals surface area contributed by atoms with E-state index in [1.54, 1.807) is 40.1 Å². The molecule has 4 aliphatic rings. The molecule has 1 aliphatic carbocycles. The minimum atomic E-state index is -0.393. The number of ether oxygens (including phenoxy) is 2. The van der Waals surface area contributed by atoms with E-state index in [1.165, 1.54) is 0 Å². The van der Waals surface area contributed by atoms with Gasteiger partial charge in [-0.3, -0.25) is 29.5 Å². The summed E-state index contributed by atoms with van der Waals surface area (Å²) < 4.78 is 14.3. The molecule has 16 heteroatoms. The number of nitrogens with one attached hydrogen (secondary N) is 2. The molecule has 8 rings (SSSR count). The molecule has 2 aromatic carbocycles. The number of benzene rings is 2. The maximum Gasteiger partial charge on any atom is 0.328 e. The van der Waals surface area contributed by atoms with Crippen LogP contribution in [0.1, 0.15) is 67.0 Å². The van der Waals surface area contributed by atoms with Crippen LogP contribution < -0.4 is 25.0 Å². The average Bonchev–Trinajstić information content (AvgIpc) is 3.62. The van der Waals surface area contributed by atoms with Gasteiger partial charge in [-0.25, -0.2) is 4.79 Å². The number of amides is 5. The Kier molecular flexibility index (Phi) is 10.7. The molecule has 2 aromatic heterocycles. The molecule has 3 saturated heterocycles. The molecule has 0 radical (unpaired) electrons. The van der Waals surface area contributed by atoms with Crippen molar-refractivity contribution in [3.05, 3.63) is 77.1 Å². The SMILES string of the molecule is N#Cc1ccc(O[C@H]2CC[C@H](NC(=O)c3ccc(OC4CN(C(=O)CN5CCC(n6ccc7c(N8CCC(=O)NC8=O)cccc76)CC5)C4)nn3)CC2)cc1Cl. The average molecular weight is 780 g/mol. The Hall–Kier alpha value is -5.72.